The van der Waals surface area contributed by atoms with Gasteiger partial charge in [0.2, 0.25) is 5.41 Å². The summed E-state index contributed by atoms with van der Waals surface area (Å²) in [6.07, 6.45) is -7.10. The Bertz CT molecular complexity index is 825. The van der Waals surface area contributed by atoms with Crippen LogP contribution in [0.25, 0.3) is 11.3 Å². The molecule has 0 saturated heterocycles. The summed E-state index contributed by atoms with van der Waals surface area (Å²) in [4.78, 5) is 12.0. The number of amides is 1. The number of nitrogens with zero attached hydrogens (tertiary/aromatic N) is 2. The lowest BCUT2D eigenvalue weighted by Gasteiger charge is -2.38. The number of methoxy groups -OCH3 is 1. The predicted molar refractivity (Wildman–Crippen MR) is 76.8 cm³/mol. The highest BCUT2D eigenvalue weighted by Crippen LogP contribution is 2.51. The highest BCUT2D eigenvalue weighted by atomic mass is 19.4. The molecule has 2 N–H and O–H groups in total. The van der Waals surface area contributed by atoms with E-state index < -0.39 is 29.2 Å². The normalized spacial score (nSPS) is 23.3. The number of nitrogens with one attached hydrogen (secondary N) is 2. The van der Waals surface area contributed by atoms with E-state index in [1.165, 1.54) is 6.07 Å². The molecule has 2 unspecified atom stereocenters. The van der Waals surface area contributed by atoms with Crippen LogP contribution in [0.3, 0.4) is 0 Å². The van der Waals surface area contributed by atoms with Crippen molar-refractivity contribution >= 4 is 11.7 Å². The third-order valence-electron chi connectivity index (χ3n) is 3.96. The van der Waals surface area contributed by atoms with Gasteiger partial charge in [0.05, 0.1) is 17.3 Å². The van der Waals surface area contributed by atoms with Crippen LogP contribution in [0.4, 0.5) is 19.0 Å². The van der Waals surface area contributed by atoms with Gasteiger partial charge in [-0.25, -0.2) is 0 Å². The van der Waals surface area contributed by atoms with E-state index in [9.17, 15) is 23.2 Å². The number of H-pyrrole nitrogens is 1. The highest BCUT2D eigenvalue weighted by molar-refractivity contribution is 6.00. The number of aromatic nitrogens is 2. The fourth-order valence-corrected chi connectivity index (χ4v) is 2.89. The second kappa shape index (κ2) is 5.35. The Labute approximate surface area is 134 Å². The number of aromatic amines is 1. The Hall–Kier alpha value is -2.86. The van der Waals surface area contributed by atoms with Crippen LogP contribution >= 0.6 is 0 Å². The van der Waals surface area contributed by atoms with Gasteiger partial charge in [0, 0.05) is 7.11 Å². The standard InChI is InChI=1S/C15H11F3N4O2/c1-24-11-13(23)20-12-9(14(11,7-19)15(16,17)18)10(21-22-12)8-5-3-2-4-6-8/h2-6,11H,1H3,(H2,20,21,22,23). The summed E-state index contributed by atoms with van der Waals surface area (Å²) in [6.45, 7) is 0. The minimum Gasteiger partial charge on any atom is -0.369 e. The molecule has 0 radical (unpaired) electrons. The fourth-order valence-electron chi connectivity index (χ4n) is 2.89. The molecule has 1 aromatic heterocycles. The van der Waals surface area contributed by atoms with E-state index in [1.54, 1.807) is 30.3 Å². The average molecular weight is 336 g/mol. The van der Waals surface area contributed by atoms with Crippen LogP contribution < -0.4 is 5.32 Å². The summed E-state index contributed by atoms with van der Waals surface area (Å²) in [6, 6.07) is 9.40. The number of ether oxygens (including phenoxy) is 1. The van der Waals surface area contributed by atoms with Crippen molar-refractivity contribution in [3.8, 4) is 17.3 Å². The van der Waals surface area contributed by atoms with Gasteiger partial charge in [-0.05, 0) is 5.56 Å². The molecule has 1 aromatic carbocycles. The van der Waals surface area contributed by atoms with Crippen LogP contribution in [0.5, 0.6) is 0 Å². The molecule has 0 bridgehead atoms. The number of carbonyl (C=O) groups is 1. The smallest absolute Gasteiger partial charge is 0.369 e. The second-order valence-corrected chi connectivity index (χ2v) is 5.21. The lowest BCUT2D eigenvalue weighted by Crippen LogP contribution is -2.59. The molecule has 2 aromatic rings. The first kappa shape index (κ1) is 16.0. The molecule has 124 valence electrons. The molecule has 0 fully saturated rings. The van der Waals surface area contributed by atoms with Gasteiger partial charge in [-0.15, -0.1) is 0 Å². The van der Waals surface area contributed by atoms with Gasteiger partial charge in [-0.1, -0.05) is 30.3 Å². The lowest BCUT2D eigenvalue weighted by atomic mass is 9.72. The first-order valence-electron chi connectivity index (χ1n) is 6.82. The van der Waals surface area contributed by atoms with E-state index in [4.69, 9.17) is 4.74 Å². The predicted octanol–water partition coefficient (Wildman–Crippen LogP) is 2.37. The summed E-state index contributed by atoms with van der Waals surface area (Å²) < 4.78 is 46.6. The Balaban J connectivity index is 2.36. The SMILES string of the molecule is COC1C(=O)Nc2n[nH]c(-c3ccccc3)c2C1(C#N)C(F)(F)F. The molecule has 1 aliphatic heterocycles. The number of anilines is 1. The number of benzene rings is 1. The average Bonchev–Trinajstić information content (AvgIpc) is 2.96. The molecule has 0 saturated carbocycles. The molecule has 1 aliphatic rings. The van der Waals surface area contributed by atoms with E-state index in [0.29, 0.717) is 5.56 Å². The van der Waals surface area contributed by atoms with Gasteiger partial charge in [0.1, 0.15) is 0 Å². The zero-order valence-corrected chi connectivity index (χ0v) is 12.3. The fraction of sp³-hybridized carbons (Fsp3) is 0.267. The molecule has 6 nitrogen and oxygen atoms in total. The van der Waals surface area contributed by atoms with Crippen LogP contribution in [-0.4, -0.2) is 35.5 Å². The van der Waals surface area contributed by atoms with E-state index >= 15 is 0 Å². The van der Waals surface area contributed by atoms with E-state index in [1.807, 2.05) is 0 Å². The van der Waals surface area contributed by atoms with Crippen LogP contribution in [0.2, 0.25) is 0 Å². The molecule has 0 spiro atoms. The van der Waals surface area contributed by atoms with E-state index in [0.717, 1.165) is 7.11 Å². The van der Waals surface area contributed by atoms with Gasteiger partial charge in [0.15, 0.2) is 11.9 Å². The van der Waals surface area contributed by atoms with Gasteiger partial charge in [0.25, 0.3) is 5.91 Å². The number of halogens is 3. The van der Waals surface area contributed by atoms with Crippen molar-refractivity contribution in [2.24, 2.45) is 0 Å². The summed E-state index contributed by atoms with van der Waals surface area (Å²) in [5.41, 5.74) is -3.21. The third kappa shape index (κ3) is 2.00. The van der Waals surface area contributed by atoms with Crippen LogP contribution in [0.1, 0.15) is 5.56 Å². The molecular formula is C15H11F3N4O2. The molecule has 2 heterocycles. The third-order valence-corrected chi connectivity index (χ3v) is 3.96. The van der Waals surface area contributed by atoms with Crippen LogP contribution in [0.15, 0.2) is 30.3 Å². The number of alkyl halides is 3. The first-order chi connectivity index (χ1) is 11.4. The van der Waals surface area contributed by atoms with Gasteiger partial charge >= 0.3 is 6.18 Å². The van der Waals surface area contributed by atoms with Crippen LogP contribution in [0, 0.1) is 11.3 Å². The number of hydrogen-bond acceptors (Lipinski definition) is 4. The summed E-state index contributed by atoms with van der Waals surface area (Å²) >= 11 is 0. The summed E-state index contributed by atoms with van der Waals surface area (Å²) in [5, 5.41) is 17.9. The highest BCUT2D eigenvalue weighted by Gasteiger charge is 2.68. The van der Waals surface area contributed by atoms with Crippen molar-refractivity contribution in [2.75, 3.05) is 12.4 Å². The largest absolute Gasteiger partial charge is 0.414 e. The lowest BCUT2D eigenvalue weighted by molar-refractivity contribution is -0.204. The maximum absolute atomic E-state index is 13.9. The molecule has 9 heteroatoms. The Morgan fingerprint density at radius 3 is 2.54 bits per heavy atom. The quantitative estimate of drug-likeness (QED) is 0.881. The summed E-state index contributed by atoms with van der Waals surface area (Å²) in [7, 11) is 0.954. The Morgan fingerprint density at radius 1 is 1.33 bits per heavy atom. The maximum atomic E-state index is 13.9. The summed E-state index contributed by atoms with van der Waals surface area (Å²) in [5.74, 6) is -1.40. The van der Waals surface area contributed by atoms with Crippen molar-refractivity contribution in [1.29, 1.82) is 5.26 Å². The molecular weight excluding hydrogens is 325 g/mol. The van der Waals surface area contributed by atoms with Gasteiger partial charge in [-0.3, -0.25) is 9.89 Å². The minimum absolute atomic E-state index is 0.00604. The second-order valence-electron chi connectivity index (χ2n) is 5.21. The van der Waals surface area contributed by atoms with Crippen LogP contribution in [-0.2, 0) is 14.9 Å². The number of carbonyl (C=O) groups excluding carboxylic acids is 1. The molecule has 2 atom stereocenters. The topological polar surface area (TPSA) is 90.8 Å². The van der Waals surface area contributed by atoms with Gasteiger partial charge < -0.3 is 10.1 Å². The first-order valence-corrected chi connectivity index (χ1v) is 6.82. The molecule has 1 amide bonds. The number of rotatable bonds is 2. The number of fused-ring (bicyclic) bond motifs is 1. The molecule has 3 rings (SSSR count). The van der Waals surface area contributed by atoms with E-state index in [-0.39, 0.29) is 11.5 Å². The van der Waals surface area contributed by atoms with E-state index in [2.05, 4.69) is 15.5 Å². The van der Waals surface area contributed by atoms with Crippen molar-refractivity contribution < 1.29 is 22.7 Å². The minimum atomic E-state index is -5.05. The number of hydrogen-bond donors (Lipinski definition) is 2. The van der Waals surface area contributed by atoms with Crippen molar-refractivity contribution in [1.82, 2.24) is 10.2 Å². The van der Waals surface area contributed by atoms with Gasteiger partial charge in [-0.2, -0.15) is 23.5 Å². The monoisotopic (exact) mass is 336 g/mol. The molecule has 24 heavy (non-hydrogen) atoms. The Morgan fingerprint density at radius 2 is 2.00 bits per heavy atom. The number of nitriles is 1. The van der Waals surface area contributed by atoms with Crippen molar-refractivity contribution in [3.05, 3.63) is 35.9 Å². The van der Waals surface area contributed by atoms with Crippen molar-refractivity contribution in [2.45, 2.75) is 17.7 Å². The zero-order valence-electron chi connectivity index (χ0n) is 12.3. The molecule has 0 aliphatic carbocycles. The zero-order chi connectivity index (χ0) is 17.5. The maximum Gasteiger partial charge on any atom is 0.414 e. The van der Waals surface area contributed by atoms with Crippen molar-refractivity contribution in [3.63, 3.8) is 0 Å². The Kier molecular flexibility index (Phi) is 3.57.